The molecule has 2 aromatic carbocycles. The van der Waals surface area contributed by atoms with E-state index >= 15 is 0 Å². The van der Waals surface area contributed by atoms with Gasteiger partial charge in [0.15, 0.2) is 5.78 Å². The maximum Gasteiger partial charge on any atom is 0.189 e. The van der Waals surface area contributed by atoms with E-state index in [4.69, 9.17) is 4.74 Å². The fraction of sp³-hybridized carbons (Fsp3) is 0.250. The van der Waals surface area contributed by atoms with Gasteiger partial charge in [-0.25, -0.2) is 0 Å². The lowest BCUT2D eigenvalue weighted by Gasteiger charge is -2.18. The second-order valence-corrected chi connectivity index (χ2v) is 6.27. The summed E-state index contributed by atoms with van der Waals surface area (Å²) in [6, 6.07) is 15.5. The summed E-state index contributed by atoms with van der Waals surface area (Å²) in [6.45, 7) is 6.55. The van der Waals surface area contributed by atoms with Crippen molar-refractivity contribution in [3.05, 3.63) is 71.3 Å². The first-order valence-electron chi connectivity index (χ1n) is 7.38. The van der Waals surface area contributed by atoms with Crippen molar-refractivity contribution in [1.82, 2.24) is 0 Å². The van der Waals surface area contributed by atoms with Crippen LogP contribution in [0.3, 0.4) is 0 Å². The number of ether oxygens (including phenoxy) is 1. The number of ketones is 1. The molecule has 114 valence electrons. The first kappa shape index (κ1) is 16.0. The standard InChI is InChI=1S/C20H22O2/c1-20(2,3)16-12-9-15(10-13-16)11-14-18(21)17-7-5-6-8-19(17)22-4/h5-14H,1-4H3/b14-11+. The second-order valence-electron chi connectivity index (χ2n) is 6.27. The van der Waals surface area contributed by atoms with Gasteiger partial charge in [0.25, 0.3) is 0 Å². The van der Waals surface area contributed by atoms with Gasteiger partial charge < -0.3 is 4.74 Å². The lowest BCUT2D eigenvalue weighted by atomic mass is 9.87. The molecule has 0 aromatic heterocycles. The summed E-state index contributed by atoms with van der Waals surface area (Å²) in [7, 11) is 1.57. The summed E-state index contributed by atoms with van der Waals surface area (Å²) < 4.78 is 5.22. The highest BCUT2D eigenvalue weighted by Gasteiger charge is 2.12. The number of methoxy groups -OCH3 is 1. The molecular formula is C20H22O2. The Kier molecular flexibility index (Phi) is 4.81. The molecule has 0 fully saturated rings. The minimum Gasteiger partial charge on any atom is -0.496 e. The van der Waals surface area contributed by atoms with E-state index in [9.17, 15) is 4.79 Å². The summed E-state index contributed by atoms with van der Waals surface area (Å²) in [6.07, 6.45) is 3.42. The Hall–Kier alpha value is -2.35. The molecule has 0 atom stereocenters. The number of carbonyl (C=O) groups excluding carboxylic acids is 1. The van der Waals surface area contributed by atoms with Crippen molar-refractivity contribution in [2.75, 3.05) is 7.11 Å². The summed E-state index contributed by atoms with van der Waals surface area (Å²) in [4.78, 5) is 12.3. The Morgan fingerprint density at radius 2 is 1.64 bits per heavy atom. The largest absolute Gasteiger partial charge is 0.496 e. The monoisotopic (exact) mass is 294 g/mol. The number of hydrogen-bond acceptors (Lipinski definition) is 2. The summed E-state index contributed by atoms with van der Waals surface area (Å²) in [5.41, 5.74) is 3.00. The maximum absolute atomic E-state index is 12.3. The summed E-state index contributed by atoms with van der Waals surface area (Å²) >= 11 is 0. The third kappa shape index (κ3) is 3.85. The van der Waals surface area contributed by atoms with Crippen LogP contribution in [0.2, 0.25) is 0 Å². The number of rotatable bonds is 4. The molecule has 0 amide bonds. The minimum absolute atomic E-state index is 0.0580. The predicted molar refractivity (Wildman–Crippen MR) is 91.5 cm³/mol. The third-order valence-electron chi connectivity index (χ3n) is 3.58. The molecule has 0 aliphatic carbocycles. The zero-order valence-electron chi connectivity index (χ0n) is 13.6. The number of allylic oxidation sites excluding steroid dienone is 1. The minimum atomic E-state index is -0.0580. The molecule has 0 aliphatic rings. The number of benzene rings is 2. The normalized spacial score (nSPS) is 11.6. The fourth-order valence-electron chi connectivity index (χ4n) is 2.20. The molecule has 0 bridgehead atoms. The Bertz CT molecular complexity index is 674. The van der Waals surface area contributed by atoms with E-state index in [1.807, 2.05) is 30.3 Å². The predicted octanol–water partition coefficient (Wildman–Crippen LogP) is 4.89. The van der Waals surface area contributed by atoms with Gasteiger partial charge in [-0.1, -0.05) is 63.2 Å². The van der Waals surface area contributed by atoms with Gasteiger partial charge in [-0.15, -0.1) is 0 Å². The molecule has 0 radical (unpaired) electrons. The van der Waals surface area contributed by atoms with Gasteiger partial charge in [-0.2, -0.15) is 0 Å². The molecular weight excluding hydrogens is 272 g/mol. The van der Waals surface area contributed by atoms with Gasteiger partial charge in [0.1, 0.15) is 5.75 Å². The summed E-state index contributed by atoms with van der Waals surface area (Å²) in [5.74, 6) is 0.539. The fourth-order valence-corrected chi connectivity index (χ4v) is 2.20. The van der Waals surface area contributed by atoms with Gasteiger partial charge >= 0.3 is 0 Å². The zero-order chi connectivity index (χ0) is 16.2. The van der Waals surface area contributed by atoms with Crippen LogP contribution < -0.4 is 4.74 Å². The van der Waals surface area contributed by atoms with Crippen molar-refractivity contribution >= 4 is 11.9 Å². The molecule has 0 saturated carbocycles. The summed E-state index contributed by atoms with van der Waals surface area (Å²) in [5, 5.41) is 0. The van der Waals surface area contributed by atoms with Crippen LogP contribution in [0, 0.1) is 0 Å². The number of carbonyl (C=O) groups is 1. The smallest absolute Gasteiger partial charge is 0.189 e. The molecule has 2 heteroatoms. The van der Waals surface area contributed by atoms with Crippen LogP contribution in [-0.2, 0) is 5.41 Å². The first-order valence-corrected chi connectivity index (χ1v) is 7.38. The van der Waals surface area contributed by atoms with Crippen LogP contribution in [0.15, 0.2) is 54.6 Å². The van der Waals surface area contributed by atoms with Crippen molar-refractivity contribution in [2.45, 2.75) is 26.2 Å². The number of para-hydroxylation sites is 1. The van der Waals surface area contributed by atoms with Crippen molar-refractivity contribution in [3.8, 4) is 5.75 Å². The molecule has 0 aliphatic heterocycles. The van der Waals surface area contributed by atoms with Crippen LogP contribution in [0.1, 0.15) is 42.3 Å². The highest BCUT2D eigenvalue weighted by Crippen LogP contribution is 2.23. The average Bonchev–Trinajstić information content (AvgIpc) is 2.52. The lowest BCUT2D eigenvalue weighted by molar-refractivity contribution is 0.104. The molecule has 0 N–H and O–H groups in total. The van der Waals surface area contributed by atoms with Crippen molar-refractivity contribution in [1.29, 1.82) is 0 Å². The van der Waals surface area contributed by atoms with Crippen LogP contribution in [0.5, 0.6) is 5.75 Å². The van der Waals surface area contributed by atoms with Crippen LogP contribution >= 0.6 is 0 Å². The van der Waals surface area contributed by atoms with Gasteiger partial charge in [0.2, 0.25) is 0 Å². The first-order chi connectivity index (χ1) is 10.4. The molecule has 22 heavy (non-hydrogen) atoms. The van der Waals surface area contributed by atoms with Gasteiger partial charge in [0, 0.05) is 0 Å². The second kappa shape index (κ2) is 6.61. The van der Waals surface area contributed by atoms with E-state index < -0.39 is 0 Å². The van der Waals surface area contributed by atoms with E-state index in [-0.39, 0.29) is 11.2 Å². The van der Waals surface area contributed by atoms with Gasteiger partial charge in [0.05, 0.1) is 12.7 Å². The topological polar surface area (TPSA) is 26.3 Å². The molecule has 0 unspecified atom stereocenters. The Morgan fingerprint density at radius 1 is 1.00 bits per heavy atom. The highest BCUT2D eigenvalue weighted by atomic mass is 16.5. The lowest BCUT2D eigenvalue weighted by Crippen LogP contribution is -2.10. The van der Waals surface area contributed by atoms with Crippen LogP contribution in [-0.4, -0.2) is 12.9 Å². The highest BCUT2D eigenvalue weighted by molar-refractivity contribution is 6.08. The van der Waals surface area contributed by atoms with E-state index in [0.29, 0.717) is 11.3 Å². The van der Waals surface area contributed by atoms with E-state index in [1.165, 1.54) is 5.56 Å². The van der Waals surface area contributed by atoms with Gasteiger partial charge in [-0.3, -0.25) is 4.79 Å². The SMILES string of the molecule is COc1ccccc1C(=O)/C=C/c1ccc(C(C)(C)C)cc1. The van der Waals surface area contributed by atoms with E-state index in [0.717, 1.165) is 5.56 Å². The molecule has 2 aromatic rings. The molecule has 0 saturated heterocycles. The quantitative estimate of drug-likeness (QED) is 0.593. The number of hydrogen-bond donors (Lipinski definition) is 0. The van der Waals surface area contributed by atoms with Crippen molar-refractivity contribution < 1.29 is 9.53 Å². The molecule has 0 heterocycles. The van der Waals surface area contributed by atoms with Crippen molar-refractivity contribution in [2.24, 2.45) is 0 Å². The van der Waals surface area contributed by atoms with Crippen LogP contribution in [0.25, 0.3) is 6.08 Å². The van der Waals surface area contributed by atoms with Crippen LogP contribution in [0.4, 0.5) is 0 Å². The Morgan fingerprint density at radius 3 is 2.23 bits per heavy atom. The Labute approximate surface area is 132 Å². The van der Waals surface area contributed by atoms with Gasteiger partial charge in [-0.05, 0) is 34.8 Å². The van der Waals surface area contributed by atoms with Crippen molar-refractivity contribution in [3.63, 3.8) is 0 Å². The Balaban J connectivity index is 2.16. The molecule has 0 spiro atoms. The maximum atomic E-state index is 12.3. The molecule has 2 nitrogen and oxygen atoms in total. The molecule has 2 rings (SSSR count). The van der Waals surface area contributed by atoms with E-state index in [2.05, 4.69) is 32.9 Å². The zero-order valence-corrected chi connectivity index (χ0v) is 13.6. The van der Waals surface area contributed by atoms with E-state index in [1.54, 1.807) is 25.3 Å². The third-order valence-corrected chi connectivity index (χ3v) is 3.58. The average molecular weight is 294 g/mol.